The SMILES string of the molecule is CCc1cc(N2C[C@H]3CC[C@@H](C2)O3)ncn1. The highest BCUT2D eigenvalue weighted by Crippen LogP contribution is 2.28. The number of hydrogen-bond acceptors (Lipinski definition) is 4. The van der Waals surface area contributed by atoms with Crippen molar-refractivity contribution >= 4 is 5.82 Å². The van der Waals surface area contributed by atoms with E-state index in [0.717, 1.165) is 31.0 Å². The maximum Gasteiger partial charge on any atom is 0.132 e. The Bertz CT molecular complexity index is 370. The number of aryl methyl sites for hydroxylation is 1. The van der Waals surface area contributed by atoms with E-state index in [9.17, 15) is 0 Å². The Hall–Kier alpha value is -1.16. The molecule has 0 radical (unpaired) electrons. The van der Waals surface area contributed by atoms with Crippen LogP contribution < -0.4 is 4.90 Å². The second kappa shape index (κ2) is 4.01. The maximum absolute atomic E-state index is 5.82. The molecule has 0 aromatic carbocycles. The zero-order valence-corrected chi connectivity index (χ0v) is 9.59. The van der Waals surface area contributed by atoms with Gasteiger partial charge in [-0.25, -0.2) is 9.97 Å². The molecule has 2 fully saturated rings. The van der Waals surface area contributed by atoms with Crippen LogP contribution in [0.5, 0.6) is 0 Å². The summed E-state index contributed by atoms with van der Waals surface area (Å²) in [6.07, 6.45) is 5.87. The molecule has 4 nitrogen and oxygen atoms in total. The van der Waals surface area contributed by atoms with Crippen molar-refractivity contribution < 1.29 is 4.74 Å². The number of morpholine rings is 1. The van der Waals surface area contributed by atoms with Gasteiger partial charge in [0, 0.05) is 24.8 Å². The Balaban J connectivity index is 1.81. The van der Waals surface area contributed by atoms with Gasteiger partial charge < -0.3 is 9.64 Å². The number of anilines is 1. The van der Waals surface area contributed by atoms with Crippen LogP contribution in [0, 0.1) is 0 Å². The van der Waals surface area contributed by atoms with Gasteiger partial charge in [0.25, 0.3) is 0 Å². The Morgan fingerprint density at radius 2 is 2.06 bits per heavy atom. The summed E-state index contributed by atoms with van der Waals surface area (Å²) in [5.74, 6) is 1.06. The summed E-state index contributed by atoms with van der Waals surface area (Å²) in [5.41, 5.74) is 1.11. The number of ether oxygens (including phenoxy) is 1. The van der Waals surface area contributed by atoms with Crippen LogP contribution in [-0.2, 0) is 11.2 Å². The zero-order valence-electron chi connectivity index (χ0n) is 9.59. The number of hydrogen-bond donors (Lipinski definition) is 0. The van der Waals surface area contributed by atoms with E-state index in [-0.39, 0.29) is 0 Å². The average Bonchev–Trinajstić information content (AvgIpc) is 2.68. The van der Waals surface area contributed by atoms with Gasteiger partial charge in [-0.3, -0.25) is 0 Å². The molecule has 0 aliphatic carbocycles. The lowest BCUT2D eigenvalue weighted by Crippen LogP contribution is -2.43. The Kier molecular flexibility index (Phi) is 2.52. The summed E-state index contributed by atoms with van der Waals surface area (Å²) in [6.45, 7) is 4.09. The van der Waals surface area contributed by atoms with Crippen molar-refractivity contribution in [1.82, 2.24) is 9.97 Å². The molecule has 0 spiro atoms. The zero-order chi connectivity index (χ0) is 11.0. The molecule has 86 valence electrons. The largest absolute Gasteiger partial charge is 0.371 e. The van der Waals surface area contributed by atoms with Crippen LogP contribution in [0.4, 0.5) is 5.82 Å². The van der Waals surface area contributed by atoms with Gasteiger partial charge in [-0.1, -0.05) is 6.92 Å². The number of aromatic nitrogens is 2. The van der Waals surface area contributed by atoms with Crippen molar-refractivity contribution in [2.45, 2.75) is 38.4 Å². The van der Waals surface area contributed by atoms with E-state index in [0.29, 0.717) is 12.2 Å². The lowest BCUT2D eigenvalue weighted by atomic mass is 10.2. The first-order valence-corrected chi connectivity index (χ1v) is 6.06. The van der Waals surface area contributed by atoms with Gasteiger partial charge in [-0.2, -0.15) is 0 Å². The lowest BCUT2D eigenvalue weighted by molar-refractivity contribution is 0.0302. The molecular formula is C12H17N3O. The third-order valence-electron chi connectivity index (χ3n) is 3.44. The molecule has 2 aliphatic heterocycles. The van der Waals surface area contributed by atoms with E-state index in [4.69, 9.17) is 4.74 Å². The van der Waals surface area contributed by atoms with E-state index in [1.807, 2.05) is 0 Å². The molecule has 0 saturated carbocycles. The first-order valence-electron chi connectivity index (χ1n) is 6.06. The minimum absolute atomic E-state index is 0.416. The predicted molar refractivity (Wildman–Crippen MR) is 61.5 cm³/mol. The third kappa shape index (κ3) is 1.78. The van der Waals surface area contributed by atoms with E-state index in [1.54, 1.807) is 6.33 Å². The molecule has 3 heterocycles. The van der Waals surface area contributed by atoms with Crippen molar-refractivity contribution in [3.8, 4) is 0 Å². The molecule has 3 rings (SSSR count). The fraction of sp³-hybridized carbons (Fsp3) is 0.667. The van der Waals surface area contributed by atoms with Gasteiger partial charge in [-0.05, 0) is 19.3 Å². The molecule has 1 aromatic rings. The fourth-order valence-corrected chi connectivity index (χ4v) is 2.55. The number of rotatable bonds is 2. The van der Waals surface area contributed by atoms with E-state index in [1.165, 1.54) is 12.8 Å². The van der Waals surface area contributed by atoms with Crippen LogP contribution in [0.3, 0.4) is 0 Å². The van der Waals surface area contributed by atoms with Gasteiger partial charge in [0.1, 0.15) is 12.1 Å². The van der Waals surface area contributed by atoms with Crippen molar-refractivity contribution in [3.63, 3.8) is 0 Å². The Labute approximate surface area is 95.7 Å². The topological polar surface area (TPSA) is 38.2 Å². The average molecular weight is 219 g/mol. The number of nitrogens with zero attached hydrogens (tertiary/aromatic N) is 3. The van der Waals surface area contributed by atoms with E-state index >= 15 is 0 Å². The molecule has 0 unspecified atom stereocenters. The molecule has 0 amide bonds. The van der Waals surface area contributed by atoms with Crippen LogP contribution in [0.1, 0.15) is 25.5 Å². The van der Waals surface area contributed by atoms with Crippen molar-refractivity contribution in [3.05, 3.63) is 18.1 Å². The molecule has 2 saturated heterocycles. The summed E-state index contributed by atoms with van der Waals surface area (Å²) >= 11 is 0. The summed E-state index contributed by atoms with van der Waals surface area (Å²) in [6, 6.07) is 2.10. The number of fused-ring (bicyclic) bond motifs is 2. The predicted octanol–water partition coefficient (Wildman–Crippen LogP) is 1.41. The fourth-order valence-electron chi connectivity index (χ4n) is 2.55. The van der Waals surface area contributed by atoms with Crippen LogP contribution in [-0.4, -0.2) is 35.3 Å². The van der Waals surface area contributed by atoms with Crippen LogP contribution in [0.25, 0.3) is 0 Å². The van der Waals surface area contributed by atoms with Crippen LogP contribution in [0.15, 0.2) is 12.4 Å². The first kappa shape index (κ1) is 10.0. The van der Waals surface area contributed by atoms with Gasteiger partial charge in [0.15, 0.2) is 0 Å². The first-order chi connectivity index (χ1) is 7.85. The van der Waals surface area contributed by atoms with Crippen molar-refractivity contribution in [1.29, 1.82) is 0 Å². The van der Waals surface area contributed by atoms with E-state index in [2.05, 4.69) is 27.9 Å². The van der Waals surface area contributed by atoms with Crippen molar-refractivity contribution in [2.24, 2.45) is 0 Å². The molecule has 2 aliphatic rings. The molecule has 2 atom stereocenters. The Morgan fingerprint density at radius 3 is 2.75 bits per heavy atom. The minimum Gasteiger partial charge on any atom is -0.371 e. The molecule has 16 heavy (non-hydrogen) atoms. The lowest BCUT2D eigenvalue weighted by Gasteiger charge is -2.32. The Morgan fingerprint density at radius 1 is 1.31 bits per heavy atom. The molecule has 0 N–H and O–H groups in total. The third-order valence-corrected chi connectivity index (χ3v) is 3.44. The van der Waals surface area contributed by atoms with Gasteiger partial charge in [0.2, 0.25) is 0 Å². The monoisotopic (exact) mass is 219 g/mol. The maximum atomic E-state index is 5.82. The van der Waals surface area contributed by atoms with Gasteiger partial charge in [0.05, 0.1) is 12.2 Å². The smallest absolute Gasteiger partial charge is 0.132 e. The summed E-state index contributed by atoms with van der Waals surface area (Å²) < 4.78 is 5.82. The quantitative estimate of drug-likeness (QED) is 0.753. The molecular weight excluding hydrogens is 202 g/mol. The van der Waals surface area contributed by atoms with E-state index < -0.39 is 0 Å². The second-order valence-electron chi connectivity index (χ2n) is 4.58. The highest BCUT2D eigenvalue weighted by molar-refractivity contribution is 5.40. The second-order valence-corrected chi connectivity index (χ2v) is 4.58. The molecule has 2 bridgehead atoms. The summed E-state index contributed by atoms with van der Waals surface area (Å²) in [5, 5.41) is 0. The summed E-state index contributed by atoms with van der Waals surface area (Å²) in [4.78, 5) is 10.9. The minimum atomic E-state index is 0.416. The van der Waals surface area contributed by atoms with Crippen LogP contribution in [0.2, 0.25) is 0 Å². The van der Waals surface area contributed by atoms with Gasteiger partial charge in [-0.15, -0.1) is 0 Å². The highest BCUT2D eigenvalue weighted by Gasteiger charge is 2.34. The molecule has 4 heteroatoms. The van der Waals surface area contributed by atoms with Crippen molar-refractivity contribution in [2.75, 3.05) is 18.0 Å². The normalized spacial score (nSPS) is 28.4. The summed E-state index contributed by atoms with van der Waals surface area (Å²) in [7, 11) is 0. The van der Waals surface area contributed by atoms with Crippen LogP contribution >= 0.6 is 0 Å². The molecule has 1 aromatic heterocycles. The standard InChI is InChI=1S/C12H17N3O/c1-2-9-5-12(14-8-13-9)15-6-10-3-4-11(7-15)16-10/h5,8,10-11H,2-4,6-7H2,1H3/t10-,11+. The van der Waals surface area contributed by atoms with Gasteiger partial charge >= 0.3 is 0 Å². The highest BCUT2D eigenvalue weighted by atomic mass is 16.5.